The van der Waals surface area contributed by atoms with E-state index in [1.165, 1.54) is 4.90 Å². The minimum absolute atomic E-state index is 0.00797. The predicted molar refractivity (Wildman–Crippen MR) is 138 cm³/mol. The summed E-state index contributed by atoms with van der Waals surface area (Å²) < 4.78 is 6.59. The third kappa shape index (κ3) is 5.85. The molecule has 1 aliphatic heterocycles. The van der Waals surface area contributed by atoms with E-state index in [2.05, 4.69) is 43.2 Å². The molecule has 1 amide bonds. The Balaban J connectivity index is 1.63. The Kier molecular flexibility index (Phi) is 8.12. The van der Waals surface area contributed by atoms with Crippen LogP contribution in [0.3, 0.4) is 0 Å². The number of carbonyl (C=O) groups excluding carboxylic acids is 1. The lowest BCUT2D eigenvalue weighted by Gasteiger charge is -2.29. The van der Waals surface area contributed by atoms with Crippen molar-refractivity contribution in [2.45, 2.75) is 28.9 Å². The first-order valence-corrected chi connectivity index (χ1v) is 13.8. The SMILES string of the molecule is CSc1ccc2nc(N(CCN3CCOCC3)C(=O)c3cccc(SC(C)C)c3)sc2c1. The zero-order valence-electron chi connectivity index (χ0n) is 18.7. The number of fused-ring (bicyclic) bond motifs is 1. The minimum atomic E-state index is 0.00797. The number of hydrogen-bond acceptors (Lipinski definition) is 7. The Bertz CT molecular complexity index is 1060. The Morgan fingerprint density at radius 3 is 2.75 bits per heavy atom. The lowest BCUT2D eigenvalue weighted by Crippen LogP contribution is -2.43. The fraction of sp³-hybridized carbons (Fsp3) is 0.417. The van der Waals surface area contributed by atoms with Crippen LogP contribution in [0.25, 0.3) is 10.2 Å². The molecule has 0 atom stereocenters. The van der Waals surface area contributed by atoms with E-state index < -0.39 is 0 Å². The Morgan fingerprint density at radius 2 is 2.00 bits per heavy atom. The van der Waals surface area contributed by atoms with Gasteiger partial charge in [0, 0.05) is 46.8 Å². The van der Waals surface area contributed by atoms with E-state index in [-0.39, 0.29) is 5.91 Å². The highest BCUT2D eigenvalue weighted by molar-refractivity contribution is 8.00. The zero-order chi connectivity index (χ0) is 22.5. The predicted octanol–water partition coefficient (Wildman–Crippen LogP) is 5.50. The van der Waals surface area contributed by atoms with Gasteiger partial charge in [-0.2, -0.15) is 0 Å². The first-order chi connectivity index (χ1) is 15.5. The number of ether oxygens (including phenoxy) is 1. The van der Waals surface area contributed by atoms with Crippen LogP contribution in [0.2, 0.25) is 0 Å². The van der Waals surface area contributed by atoms with E-state index >= 15 is 0 Å². The van der Waals surface area contributed by atoms with Gasteiger partial charge in [0.25, 0.3) is 5.91 Å². The quantitative estimate of drug-likeness (QED) is 0.391. The lowest BCUT2D eigenvalue weighted by molar-refractivity contribution is 0.0391. The van der Waals surface area contributed by atoms with E-state index in [0.717, 1.165) is 53.1 Å². The van der Waals surface area contributed by atoms with E-state index in [1.54, 1.807) is 34.9 Å². The molecular weight excluding hydrogens is 458 g/mol. The summed E-state index contributed by atoms with van der Waals surface area (Å²) >= 11 is 5.08. The smallest absolute Gasteiger partial charge is 0.260 e. The normalized spacial score (nSPS) is 14.9. The van der Waals surface area contributed by atoms with E-state index in [1.807, 2.05) is 29.2 Å². The number of aromatic nitrogens is 1. The van der Waals surface area contributed by atoms with Crippen molar-refractivity contribution in [3.63, 3.8) is 0 Å². The van der Waals surface area contributed by atoms with Gasteiger partial charge in [-0.25, -0.2) is 4.98 Å². The molecule has 170 valence electrons. The van der Waals surface area contributed by atoms with E-state index in [0.29, 0.717) is 17.4 Å². The topological polar surface area (TPSA) is 45.7 Å². The Hall–Kier alpha value is -1.58. The second-order valence-electron chi connectivity index (χ2n) is 7.94. The number of carbonyl (C=O) groups is 1. The van der Waals surface area contributed by atoms with Crippen molar-refractivity contribution in [1.82, 2.24) is 9.88 Å². The molecule has 32 heavy (non-hydrogen) atoms. The van der Waals surface area contributed by atoms with Crippen LogP contribution >= 0.6 is 34.9 Å². The molecule has 1 aromatic heterocycles. The molecule has 0 bridgehead atoms. The van der Waals surface area contributed by atoms with Crippen molar-refractivity contribution in [1.29, 1.82) is 0 Å². The minimum Gasteiger partial charge on any atom is -0.379 e. The number of thioether (sulfide) groups is 2. The standard InChI is InChI=1S/C24H29N3O2S3/c1-17(2)31-20-6-4-5-18(15-20)23(28)27(10-9-26-11-13-29-14-12-26)24-25-21-8-7-19(30-3)16-22(21)32-24/h4-8,15-17H,9-14H2,1-3H3. The first-order valence-electron chi connectivity index (χ1n) is 10.9. The maximum atomic E-state index is 13.7. The maximum absolute atomic E-state index is 13.7. The van der Waals surface area contributed by atoms with Crippen molar-refractivity contribution in [3.8, 4) is 0 Å². The van der Waals surface area contributed by atoms with E-state index in [4.69, 9.17) is 9.72 Å². The second kappa shape index (κ2) is 11.0. The van der Waals surface area contributed by atoms with Gasteiger partial charge in [0.15, 0.2) is 5.13 Å². The van der Waals surface area contributed by atoms with Gasteiger partial charge in [0.05, 0.1) is 23.4 Å². The molecule has 0 spiro atoms. The first kappa shape index (κ1) is 23.6. The maximum Gasteiger partial charge on any atom is 0.260 e. The van der Waals surface area contributed by atoms with Crippen molar-refractivity contribution in [2.24, 2.45) is 0 Å². The molecule has 0 unspecified atom stereocenters. The van der Waals surface area contributed by atoms with Gasteiger partial charge in [0.2, 0.25) is 0 Å². The fourth-order valence-electron chi connectivity index (χ4n) is 3.62. The van der Waals surface area contributed by atoms with Gasteiger partial charge >= 0.3 is 0 Å². The van der Waals surface area contributed by atoms with Crippen molar-refractivity contribution < 1.29 is 9.53 Å². The summed E-state index contributed by atoms with van der Waals surface area (Å²) in [6, 6.07) is 14.3. The van der Waals surface area contributed by atoms with Crippen LogP contribution in [0.1, 0.15) is 24.2 Å². The molecule has 0 saturated carbocycles. The molecule has 8 heteroatoms. The highest BCUT2D eigenvalue weighted by Gasteiger charge is 2.23. The van der Waals surface area contributed by atoms with Crippen LogP contribution in [0, 0.1) is 0 Å². The van der Waals surface area contributed by atoms with Crippen LogP contribution in [-0.2, 0) is 4.74 Å². The van der Waals surface area contributed by atoms with Gasteiger partial charge in [-0.3, -0.25) is 14.6 Å². The van der Waals surface area contributed by atoms with Crippen molar-refractivity contribution in [3.05, 3.63) is 48.0 Å². The third-order valence-corrected chi connectivity index (χ3v) is 8.02. The number of anilines is 1. The summed E-state index contributed by atoms with van der Waals surface area (Å²) in [6.07, 6.45) is 2.07. The van der Waals surface area contributed by atoms with Crippen molar-refractivity contribution in [2.75, 3.05) is 50.5 Å². The molecule has 0 N–H and O–H groups in total. The number of rotatable bonds is 8. The van der Waals surface area contributed by atoms with Gasteiger partial charge in [-0.1, -0.05) is 31.3 Å². The molecule has 1 aliphatic rings. The molecule has 4 rings (SSSR count). The molecular formula is C24H29N3O2S3. The summed E-state index contributed by atoms with van der Waals surface area (Å²) in [7, 11) is 0. The summed E-state index contributed by atoms with van der Waals surface area (Å²) in [6.45, 7) is 9.05. The fourth-order valence-corrected chi connectivity index (χ4v) is 6.06. The number of morpholine rings is 1. The van der Waals surface area contributed by atoms with Crippen molar-refractivity contribution >= 4 is 56.1 Å². The average molecular weight is 488 g/mol. The molecule has 1 saturated heterocycles. The average Bonchev–Trinajstić information content (AvgIpc) is 3.22. The summed E-state index contributed by atoms with van der Waals surface area (Å²) in [5, 5.41) is 1.23. The second-order valence-corrected chi connectivity index (χ2v) is 11.5. The Morgan fingerprint density at radius 1 is 1.19 bits per heavy atom. The van der Waals surface area contributed by atoms with Crippen LogP contribution in [0.5, 0.6) is 0 Å². The van der Waals surface area contributed by atoms with Gasteiger partial charge in [0.1, 0.15) is 0 Å². The Labute approximate surface area is 202 Å². The highest BCUT2D eigenvalue weighted by atomic mass is 32.2. The van der Waals surface area contributed by atoms with Crippen LogP contribution < -0.4 is 4.90 Å². The molecule has 2 heterocycles. The molecule has 0 radical (unpaired) electrons. The van der Waals surface area contributed by atoms with Crippen LogP contribution in [-0.4, -0.2) is 66.7 Å². The molecule has 0 aliphatic carbocycles. The highest BCUT2D eigenvalue weighted by Crippen LogP contribution is 2.33. The number of amides is 1. The largest absolute Gasteiger partial charge is 0.379 e. The molecule has 3 aromatic rings. The number of nitrogens with zero attached hydrogens (tertiary/aromatic N) is 3. The summed E-state index contributed by atoms with van der Waals surface area (Å²) in [5.41, 5.74) is 1.65. The van der Waals surface area contributed by atoms with Crippen LogP contribution in [0.4, 0.5) is 5.13 Å². The van der Waals surface area contributed by atoms with Crippen LogP contribution in [0.15, 0.2) is 52.3 Å². The number of thiazole rings is 1. The van der Waals surface area contributed by atoms with Gasteiger partial charge in [-0.05, 0) is 42.7 Å². The molecule has 5 nitrogen and oxygen atoms in total. The monoisotopic (exact) mass is 487 g/mol. The zero-order valence-corrected chi connectivity index (χ0v) is 21.2. The van der Waals surface area contributed by atoms with E-state index in [9.17, 15) is 4.79 Å². The van der Waals surface area contributed by atoms with Gasteiger partial charge < -0.3 is 4.74 Å². The molecule has 1 fully saturated rings. The number of benzene rings is 2. The summed E-state index contributed by atoms with van der Waals surface area (Å²) in [4.78, 5) is 25.1. The molecule has 2 aromatic carbocycles. The third-order valence-electron chi connectivity index (χ3n) is 5.26. The number of hydrogen-bond donors (Lipinski definition) is 0. The summed E-state index contributed by atoms with van der Waals surface area (Å²) in [5.74, 6) is 0.00797. The lowest BCUT2D eigenvalue weighted by atomic mass is 10.2. The van der Waals surface area contributed by atoms with Gasteiger partial charge in [-0.15, -0.1) is 23.5 Å².